The van der Waals surface area contributed by atoms with Gasteiger partial charge in [-0.3, -0.25) is 4.68 Å². The zero-order valence-electron chi connectivity index (χ0n) is 8.92. The molecule has 82 valence electrons. The smallest absolute Gasteiger partial charge is 0.136 e. The van der Waals surface area contributed by atoms with E-state index in [1.807, 2.05) is 29.1 Å². The van der Waals surface area contributed by atoms with Crippen LogP contribution >= 0.6 is 0 Å². The van der Waals surface area contributed by atoms with Gasteiger partial charge < -0.3 is 9.52 Å². The monoisotopic (exact) mass is 216 g/mol. The van der Waals surface area contributed by atoms with Crippen molar-refractivity contribution in [2.45, 2.75) is 19.6 Å². The van der Waals surface area contributed by atoms with E-state index in [9.17, 15) is 5.11 Å². The molecule has 0 aliphatic heterocycles. The number of aromatic nitrogens is 2. The van der Waals surface area contributed by atoms with Crippen molar-refractivity contribution in [2.24, 2.45) is 0 Å². The minimum Gasteiger partial charge on any atom is -0.464 e. The molecule has 3 rings (SSSR count). The lowest BCUT2D eigenvalue weighted by molar-refractivity contribution is 0.170. The summed E-state index contributed by atoms with van der Waals surface area (Å²) in [7, 11) is 0. The van der Waals surface area contributed by atoms with Crippen LogP contribution in [0.15, 0.2) is 35.1 Å². The number of rotatable bonds is 2. The molecule has 0 amide bonds. The first-order valence-electron chi connectivity index (χ1n) is 5.25. The zero-order chi connectivity index (χ0) is 11.1. The van der Waals surface area contributed by atoms with Crippen LogP contribution in [0.2, 0.25) is 0 Å². The lowest BCUT2D eigenvalue weighted by atomic mass is 10.2. The number of fused-ring (bicyclic) bond motifs is 3. The Morgan fingerprint density at radius 2 is 2.31 bits per heavy atom. The third-order valence-corrected chi connectivity index (χ3v) is 2.67. The fourth-order valence-corrected chi connectivity index (χ4v) is 2.02. The summed E-state index contributed by atoms with van der Waals surface area (Å²) in [6, 6.07) is 5.84. The summed E-state index contributed by atoms with van der Waals surface area (Å²) in [5.74, 6) is 0. The fourth-order valence-electron chi connectivity index (χ4n) is 2.02. The average Bonchev–Trinajstić information content (AvgIpc) is 2.82. The van der Waals surface area contributed by atoms with Gasteiger partial charge in [0.05, 0.1) is 30.6 Å². The standard InChI is InChI=1S/C12H12N2O2/c1-8(15)7-14-12-9(6-13-14)2-3-11-10(12)4-5-16-11/h2-6,8,15H,7H2,1H3. The van der Waals surface area contributed by atoms with E-state index >= 15 is 0 Å². The van der Waals surface area contributed by atoms with Crippen LogP contribution in [0.3, 0.4) is 0 Å². The highest BCUT2D eigenvalue weighted by molar-refractivity contribution is 6.03. The molecule has 2 heterocycles. The van der Waals surface area contributed by atoms with E-state index in [4.69, 9.17) is 4.42 Å². The van der Waals surface area contributed by atoms with Crippen LogP contribution < -0.4 is 0 Å². The molecule has 0 radical (unpaired) electrons. The van der Waals surface area contributed by atoms with Crippen molar-refractivity contribution < 1.29 is 9.52 Å². The van der Waals surface area contributed by atoms with Crippen molar-refractivity contribution in [1.82, 2.24) is 9.78 Å². The molecule has 0 bridgehead atoms. The van der Waals surface area contributed by atoms with Crippen molar-refractivity contribution in [2.75, 3.05) is 0 Å². The van der Waals surface area contributed by atoms with Crippen LogP contribution in [0.1, 0.15) is 6.92 Å². The maximum atomic E-state index is 9.42. The zero-order valence-corrected chi connectivity index (χ0v) is 8.92. The Labute approximate surface area is 92.1 Å². The first-order chi connectivity index (χ1) is 7.75. The van der Waals surface area contributed by atoms with Gasteiger partial charge >= 0.3 is 0 Å². The Bertz CT molecular complexity index is 637. The Hall–Kier alpha value is -1.81. The predicted molar refractivity (Wildman–Crippen MR) is 61.2 cm³/mol. The summed E-state index contributed by atoms with van der Waals surface area (Å²) in [5, 5.41) is 15.8. The summed E-state index contributed by atoms with van der Waals surface area (Å²) in [6.45, 7) is 2.25. The van der Waals surface area contributed by atoms with Crippen LogP contribution in [0.25, 0.3) is 21.9 Å². The van der Waals surface area contributed by atoms with Gasteiger partial charge in [0.2, 0.25) is 0 Å². The largest absolute Gasteiger partial charge is 0.464 e. The summed E-state index contributed by atoms with van der Waals surface area (Å²) >= 11 is 0. The van der Waals surface area contributed by atoms with Gasteiger partial charge in [-0.15, -0.1) is 0 Å². The molecule has 0 saturated heterocycles. The minimum absolute atomic E-state index is 0.412. The summed E-state index contributed by atoms with van der Waals surface area (Å²) in [4.78, 5) is 0. The maximum Gasteiger partial charge on any atom is 0.136 e. The number of aliphatic hydroxyl groups is 1. The van der Waals surface area contributed by atoms with E-state index < -0.39 is 6.10 Å². The van der Waals surface area contributed by atoms with E-state index in [1.54, 1.807) is 13.2 Å². The highest BCUT2D eigenvalue weighted by atomic mass is 16.3. The molecule has 4 nitrogen and oxygen atoms in total. The van der Waals surface area contributed by atoms with E-state index in [0.29, 0.717) is 6.54 Å². The number of aliphatic hydroxyl groups excluding tert-OH is 1. The summed E-state index contributed by atoms with van der Waals surface area (Å²) in [6.07, 6.45) is 3.07. The molecule has 1 aromatic carbocycles. The summed E-state index contributed by atoms with van der Waals surface area (Å²) in [5.41, 5.74) is 1.87. The number of hydrogen-bond donors (Lipinski definition) is 1. The molecular weight excluding hydrogens is 204 g/mol. The Morgan fingerprint density at radius 3 is 3.12 bits per heavy atom. The van der Waals surface area contributed by atoms with Gasteiger partial charge in [-0.25, -0.2) is 0 Å². The predicted octanol–water partition coefficient (Wildman–Crippen LogP) is 2.16. The highest BCUT2D eigenvalue weighted by Gasteiger charge is 2.10. The lowest BCUT2D eigenvalue weighted by Gasteiger charge is -2.06. The van der Waals surface area contributed by atoms with Crippen LogP contribution in [0.4, 0.5) is 0 Å². The lowest BCUT2D eigenvalue weighted by Crippen LogP contribution is -2.12. The number of nitrogens with zero attached hydrogens (tertiary/aromatic N) is 2. The molecule has 0 spiro atoms. The van der Waals surface area contributed by atoms with Gasteiger partial charge in [-0.05, 0) is 25.1 Å². The molecule has 1 unspecified atom stereocenters. The molecule has 0 aliphatic carbocycles. The van der Waals surface area contributed by atoms with Crippen molar-refractivity contribution >= 4 is 21.9 Å². The molecule has 1 N–H and O–H groups in total. The van der Waals surface area contributed by atoms with Crippen LogP contribution in [0.5, 0.6) is 0 Å². The topological polar surface area (TPSA) is 51.2 Å². The van der Waals surface area contributed by atoms with E-state index in [-0.39, 0.29) is 0 Å². The van der Waals surface area contributed by atoms with Crippen molar-refractivity contribution in [3.8, 4) is 0 Å². The van der Waals surface area contributed by atoms with Crippen LogP contribution in [-0.4, -0.2) is 21.0 Å². The second-order valence-electron chi connectivity index (χ2n) is 4.01. The van der Waals surface area contributed by atoms with Gasteiger partial charge in [0.25, 0.3) is 0 Å². The van der Waals surface area contributed by atoms with E-state index in [2.05, 4.69) is 5.10 Å². The first kappa shape index (κ1) is 9.42. The molecule has 0 fully saturated rings. The van der Waals surface area contributed by atoms with E-state index in [1.165, 1.54) is 0 Å². The SMILES string of the molecule is CC(O)Cn1ncc2ccc3occc3c21. The fraction of sp³-hybridized carbons (Fsp3) is 0.250. The molecular formula is C12H12N2O2. The second kappa shape index (κ2) is 3.35. The number of furan rings is 1. The molecule has 3 aromatic rings. The van der Waals surface area contributed by atoms with Gasteiger partial charge in [0.15, 0.2) is 0 Å². The Balaban J connectivity index is 2.32. The van der Waals surface area contributed by atoms with Crippen molar-refractivity contribution in [1.29, 1.82) is 0 Å². The third kappa shape index (κ3) is 1.31. The van der Waals surface area contributed by atoms with Gasteiger partial charge in [0, 0.05) is 10.8 Å². The molecule has 4 heteroatoms. The number of benzene rings is 1. The second-order valence-corrected chi connectivity index (χ2v) is 4.01. The molecule has 2 aromatic heterocycles. The molecule has 0 saturated carbocycles. The average molecular weight is 216 g/mol. The first-order valence-corrected chi connectivity index (χ1v) is 5.25. The minimum atomic E-state index is -0.412. The number of hydrogen-bond acceptors (Lipinski definition) is 3. The highest BCUT2D eigenvalue weighted by Crippen LogP contribution is 2.26. The van der Waals surface area contributed by atoms with Gasteiger partial charge in [-0.1, -0.05) is 0 Å². The quantitative estimate of drug-likeness (QED) is 0.714. The van der Waals surface area contributed by atoms with E-state index in [0.717, 1.165) is 21.9 Å². The molecule has 1 atom stereocenters. The molecule has 16 heavy (non-hydrogen) atoms. The third-order valence-electron chi connectivity index (χ3n) is 2.67. The van der Waals surface area contributed by atoms with Crippen LogP contribution in [0, 0.1) is 0 Å². The van der Waals surface area contributed by atoms with Crippen molar-refractivity contribution in [3.63, 3.8) is 0 Å². The maximum absolute atomic E-state index is 9.42. The Morgan fingerprint density at radius 1 is 1.44 bits per heavy atom. The normalized spacial score (nSPS) is 13.6. The summed E-state index contributed by atoms with van der Waals surface area (Å²) < 4.78 is 7.17. The van der Waals surface area contributed by atoms with Gasteiger partial charge in [0.1, 0.15) is 5.58 Å². The van der Waals surface area contributed by atoms with Gasteiger partial charge in [-0.2, -0.15) is 5.10 Å². The van der Waals surface area contributed by atoms with Crippen LogP contribution in [-0.2, 0) is 6.54 Å². The van der Waals surface area contributed by atoms with Crippen molar-refractivity contribution in [3.05, 3.63) is 30.7 Å². The Kier molecular flexibility index (Phi) is 1.97. The molecule has 0 aliphatic rings.